The van der Waals surface area contributed by atoms with E-state index in [1.807, 2.05) is 24.3 Å². The van der Waals surface area contributed by atoms with E-state index in [0.29, 0.717) is 17.3 Å². The summed E-state index contributed by atoms with van der Waals surface area (Å²) < 4.78 is 12.3. The second-order valence-electron chi connectivity index (χ2n) is 7.10. The molecule has 3 aromatic rings. The number of piperidine rings is 1. The van der Waals surface area contributed by atoms with Gasteiger partial charge in [-0.2, -0.15) is 5.10 Å². The molecule has 1 saturated heterocycles. The standard InChI is InChI=1S/C21H25N5O3/c1-25-20(13-18(24-25)19-9-5-11-29-19)23-21(27)22-15-6-4-10-26(14-15)16-7-3-8-17(12-16)28-2/h3,5,7-9,11-13,15H,4,6,10,14H2,1-2H3,(H2,22,23,27)/t15-/m1/s1. The molecule has 1 atom stereocenters. The Labute approximate surface area is 169 Å². The van der Waals surface area contributed by atoms with Gasteiger partial charge in [0.2, 0.25) is 0 Å². The van der Waals surface area contributed by atoms with Gasteiger partial charge in [0, 0.05) is 44.0 Å². The van der Waals surface area contributed by atoms with E-state index in [0.717, 1.165) is 37.4 Å². The summed E-state index contributed by atoms with van der Waals surface area (Å²) in [4.78, 5) is 14.8. The van der Waals surface area contributed by atoms with E-state index >= 15 is 0 Å². The smallest absolute Gasteiger partial charge is 0.320 e. The first-order valence-electron chi connectivity index (χ1n) is 9.67. The SMILES string of the molecule is COc1cccc(N2CCC[C@@H](NC(=O)Nc3cc(-c4ccco4)nn3C)C2)c1. The van der Waals surface area contributed by atoms with Gasteiger partial charge in [-0.25, -0.2) is 4.79 Å². The van der Waals surface area contributed by atoms with Crippen molar-refractivity contribution >= 4 is 17.5 Å². The van der Waals surface area contributed by atoms with Crippen LogP contribution in [0.1, 0.15) is 12.8 Å². The van der Waals surface area contributed by atoms with E-state index in [1.165, 1.54) is 0 Å². The number of nitrogens with zero attached hydrogens (tertiary/aromatic N) is 3. The van der Waals surface area contributed by atoms with Gasteiger partial charge < -0.3 is 19.4 Å². The number of benzene rings is 1. The number of amides is 2. The lowest BCUT2D eigenvalue weighted by atomic mass is 10.0. The summed E-state index contributed by atoms with van der Waals surface area (Å²) in [5.41, 5.74) is 1.78. The molecule has 8 heteroatoms. The third-order valence-electron chi connectivity index (χ3n) is 5.07. The highest BCUT2D eigenvalue weighted by Gasteiger charge is 2.22. The van der Waals surface area contributed by atoms with Gasteiger partial charge >= 0.3 is 6.03 Å². The summed E-state index contributed by atoms with van der Waals surface area (Å²) in [7, 11) is 3.45. The van der Waals surface area contributed by atoms with Crippen LogP contribution in [0.25, 0.3) is 11.5 Å². The molecule has 1 aliphatic rings. The zero-order chi connectivity index (χ0) is 20.2. The zero-order valence-electron chi connectivity index (χ0n) is 16.6. The molecule has 0 spiro atoms. The number of rotatable bonds is 5. The zero-order valence-corrected chi connectivity index (χ0v) is 16.6. The average molecular weight is 395 g/mol. The van der Waals surface area contributed by atoms with Crippen molar-refractivity contribution in [2.75, 3.05) is 30.4 Å². The van der Waals surface area contributed by atoms with Crippen molar-refractivity contribution in [3.8, 4) is 17.2 Å². The molecule has 1 aromatic carbocycles. The summed E-state index contributed by atoms with van der Waals surface area (Å²) in [6.07, 6.45) is 3.55. The summed E-state index contributed by atoms with van der Waals surface area (Å²) in [6.45, 7) is 1.71. The maximum absolute atomic E-state index is 12.5. The number of hydrogen-bond acceptors (Lipinski definition) is 5. The second kappa shape index (κ2) is 8.30. The number of urea groups is 1. The monoisotopic (exact) mass is 395 g/mol. The number of ether oxygens (including phenoxy) is 1. The van der Waals surface area contributed by atoms with Crippen molar-refractivity contribution < 1.29 is 13.9 Å². The Kier molecular flexibility index (Phi) is 5.41. The largest absolute Gasteiger partial charge is 0.497 e. The molecule has 0 saturated carbocycles. The lowest BCUT2D eigenvalue weighted by Gasteiger charge is -2.34. The Morgan fingerprint density at radius 1 is 1.28 bits per heavy atom. The Morgan fingerprint density at radius 2 is 2.17 bits per heavy atom. The minimum Gasteiger partial charge on any atom is -0.497 e. The number of aryl methyl sites for hydroxylation is 1. The topological polar surface area (TPSA) is 84.6 Å². The van der Waals surface area contributed by atoms with Crippen LogP contribution in [0.3, 0.4) is 0 Å². The second-order valence-corrected chi connectivity index (χ2v) is 7.10. The van der Waals surface area contributed by atoms with Crippen molar-refractivity contribution in [3.63, 3.8) is 0 Å². The van der Waals surface area contributed by atoms with Gasteiger partial charge in [0.25, 0.3) is 0 Å². The van der Waals surface area contributed by atoms with Crippen molar-refractivity contribution in [2.24, 2.45) is 7.05 Å². The lowest BCUT2D eigenvalue weighted by molar-refractivity contribution is 0.246. The van der Waals surface area contributed by atoms with E-state index < -0.39 is 0 Å². The lowest BCUT2D eigenvalue weighted by Crippen LogP contribution is -2.49. The fourth-order valence-corrected chi connectivity index (χ4v) is 3.60. The maximum Gasteiger partial charge on any atom is 0.320 e. The number of carbonyl (C=O) groups excluding carboxylic acids is 1. The van der Waals surface area contributed by atoms with Gasteiger partial charge in [0.05, 0.1) is 13.4 Å². The van der Waals surface area contributed by atoms with Crippen molar-refractivity contribution in [1.82, 2.24) is 15.1 Å². The highest BCUT2D eigenvalue weighted by atomic mass is 16.5. The molecule has 0 radical (unpaired) electrons. The first kappa shape index (κ1) is 18.9. The van der Waals surface area contributed by atoms with E-state index in [4.69, 9.17) is 9.15 Å². The van der Waals surface area contributed by atoms with Gasteiger partial charge in [0.15, 0.2) is 5.76 Å². The van der Waals surface area contributed by atoms with E-state index in [2.05, 4.69) is 26.7 Å². The number of anilines is 2. The summed E-state index contributed by atoms with van der Waals surface area (Å²) in [6, 6.07) is 13.3. The molecular formula is C21H25N5O3. The fraction of sp³-hybridized carbons (Fsp3) is 0.333. The highest BCUT2D eigenvalue weighted by molar-refractivity contribution is 5.89. The molecule has 0 aliphatic carbocycles. The molecule has 152 valence electrons. The highest BCUT2D eigenvalue weighted by Crippen LogP contribution is 2.25. The first-order valence-corrected chi connectivity index (χ1v) is 9.67. The van der Waals surface area contributed by atoms with Crippen LogP contribution in [0.15, 0.2) is 53.1 Å². The van der Waals surface area contributed by atoms with Crippen LogP contribution in [0.5, 0.6) is 5.75 Å². The number of hydrogen-bond donors (Lipinski definition) is 2. The molecule has 8 nitrogen and oxygen atoms in total. The molecule has 0 bridgehead atoms. The molecule has 2 amide bonds. The van der Waals surface area contributed by atoms with Crippen LogP contribution >= 0.6 is 0 Å². The number of furan rings is 1. The van der Waals surface area contributed by atoms with Gasteiger partial charge in [-0.1, -0.05) is 6.07 Å². The van der Waals surface area contributed by atoms with Crippen LogP contribution in [0.4, 0.5) is 16.3 Å². The van der Waals surface area contributed by atoms with E-state index in [1.54, 1.807) is 37.2 Å². The number of methoxy groups -OCH3 is 1. The van der Waals surface area contributed by atoms with Crippen molar-refractivity contribution in [2.45, 2.75) is 18.9 Å². The Morgan fingerprint density at radius 3 is 2.97 bits per heavy atom. The predicted molar refractivity (Wildman–Crippen MR) is 111 cm³/mol. The number of carbonyl (C=O) groups is 1. The Hall–Kier alpha value is -3.42. The molecule has 1 aliphatic heterocycles. The quantitative estimate of drug-likeness (QED) is 0.691. The average Bonchev–Trinajstić information content (AvgIpc) is 3.38. The van der Waals surface area contributed by atoms with E-state index in [9.17, 15) is 4.79 Å². The predicted octanol–water partition coefficient (Wildman–Crippen LogP) is 3.48. The first-order chi connectivity index (χ1) is 14.1. The van der Waals surface area contributed by atoms with Gasteiger partial charge in [0.1, 0.15) is 17.3 Å². The fourth-order valence-electron chi connectivity index (χ4n) is 3.60. The summed E-state index contributed by atoms with van der Waals surface area (Å²) in [5, 5.41) is 10.3. The van der Waals surface area contributed by atoms with Gasteiger partial charge in [-0.05, 0) is 37.1 Å². The summed E-state index contributed by atoms with van der Waals surface area (Å²) in [5.74, 6) is 2.10. The third kappa shape index (κ3) is 4.37. The Balaban J connectivity index is 1.37. The minimum absolute atomic E-state index is 0.0627. The Bertz CT molecular complexity index is 967. The molecule has 1 fully saturated rings. The number of nitrogens with one attached hydrogen (secondary N) is 2. The molecule has 0 unspecified atom stereocenters. The molecule has 29 heavy (non-hydrogen) atoms. The molecule has 3 heterocycles. The van der Waals surface area contributed by atoms with Gasteiger partial charge in [-0.15, -0.1) is 0 Å². The molecular weight excluding hydrogens is 370 g/mol. The van der Waals surface area contributed by atoms with Crippen molar-refractivity contribution in [3.05, 3.63) is 48.7 Å². The van der Waals surface area contributed by atoms with Crippen LogP contribution in [0.2, 0.25) is 0 Å². The van der Waals surface area contributed by atoms with Crippen molar-refractivity contribution in [1.29, 1.82) is 0 Å². The molecule has 4 rings (SSSR count). The van der Waals surface area contributed by atoms with Crippen LogP contribution in [0, 0.1) is 0 Å². The summed E-state index contributed by atoms with van der Waals surface area (Å²) >= 11 is 0. The maximum atomic E-state index is 12.5. The minimum atomic E-state index is -0.239. The normalized spacial score (nSPS) is 16.5. The molecule has 2 aromatic heterocycles. The van der Waals surface area contributed by atoms with E-state index in [-0.39, 0.29) is 12.1 Å². The third-order valence-corrected chi connectivity index (χ3v) is 5.07. The van der Waals surface area contributed by atoms with Crippen LogP contribution in [-0.4, -0.2) is 42.1 Å². The molecule has 2 N–H and O–H groups in total. The van der Waals surface area contributed by atoms with Crippen LogP contribution < -0.4 is 20.3 Å². The number of aromatic nitrogens is 2. The van der Waals surface area contributed by atoms with Gasteiger partial charge in [-0.3, -0.25) is 10.00 Å². The van der Waals surface area contributed by atoms with Crippen LogP contribution in [-0.2, 0) is 7.05 Å².